The second-order valence-corrected chi connectivity index (χ2v) is 8.84. The Kier molecular flexibility index (Phi) is 12.1. The van der Waals surface area contributed by atoms with Crippen LogP contribution in [0.4, 0.5) is 0 Å². The zero-order valence-corrected chi connectivity index (χ0v) is 17.7. The molecule has 1 heterocycles. The van der Waals surface area contributed by atoms with Crippen molar-refractivity contribution in [2.24, 2.45) is 10.8 Å². The minimum Gasteiger partial charge on any atom is -0.388 e. The Bertz CT molecular complexity index is 589. The molecule has 0 bridgehead atoms. The van der Waals surface area contributed by atoms with Crippen molar-refractivity contribution < 1.29 is 43.9 Å². The van der Waals surface area contributed by atoms with Gasteiger partial charge in [-0.15, -0.1) is 0 Å². The Morgan fingerprint density at radius 3 is 2.60 bits per heavy atom. The Morgan fingerprint density at radius 2 is 2.00 bits per heavy atom. The molecule has 1 unspecified atom stereocenters. The average molecular weight is 456 g/mol. The monoisotopic (exact) mass is 456 g/mol. The van der Waals surface area contributed by atoms with Gasteiger partial charge in [-0.25, -0.2) is 5.53 Å². The first-order chi connectivity index (χ1) is 14.0. The van der Waals surface area contributed by atoms with Gasteiger partial charge in [-0.2, -0.15) is 5.11 Å². The molecule has 0 aliphatic carbocycles. The van der Waals surface area contributed by atoms with E-state index in [1.54, 1.807) is 0 Å². The molecule has 0 aromatic rings. The first-order valence-electron chi connectivity index (χ1n) is 9.54. The fraction of sp³-hybridized carbons (Fsp3) is 0.875. The summed E-state index contributed by atoms with van der Waals surface area (Å²) in [4.78, 5) is 17.9. The molecule has 0 radical (unpaired) electrons. The third kappa shape index (κ3) is 10.4. The van der Waals surface area contributed by atoms with Gasteiger partial charge in [-0.05, 0) is 13.3 Å². The summed E-state index contributed by atoms with van der Waals surface area (Å²) in [7, 11) is -4.31. The Balaban J connectivity index is 2.45. The minimum absolute atomic E-state index is 0.0210. The van der Waals surface area contributed by atoms with Gasteiger partial charge in [0.1, 0.15) is 18.3 Å². The predicted octanol–water partition coefficient (Wildman–Crippen LogP) is -1.41. The molecule has 1 aliphatic rings. The second kappa shape index (κ2) is 13.4. The van der Waals surface area contributed by atoms with E-state index in [1.165, 1.54) is 6.20 Å². The van der Waals surface area contributed by atoms with E-state index in [4.69, 9.17) is 35.3 Å². The summed E-state index contributed by atoms with van der Waals surface area (Å²) in [5.41, 5.74) is 13.1. The highest BCUT2D eigenvalue weighted by Crippen LogP contribution is 2.37. The van der Waals surface area contributed by atoms with E-state index in [1.807, 2.05) is 6.92 Å². The number of hydrogen-bond donors (Lipinski definition) is 8. The standard InChI is InChI=1S/C16H33N4O9P/c1-10(17)9-27-6-4-19-8-11(20-18)2-5-28-16-15(23)14(22)13(21)12(29-16)3-7-30(24,25)26/h8,10,12-16,18-19,21-23H,2-7,9,17H2,1H3,(H2,24,25,26)/b11-8-,20-18?/t10?,12-,13-,14+,15+,16+/m1/s1. The van der Waals surface area contributed by atoms with Crippen molar-refractivity contribution in [3.05, 3.63) is 11.9 Å². The third-order valence-corrected chi connectivity index (χ3v) is 5.04. The lowest BCUT2D eigenvalue weighted by atomic mass is 9.97. The molecular weight excluding hydrogens is 423 g/mol. The SMILES string of the molecule is CC(N)COCCN/C=C(/CCO[C@H]1O[C@H](CCP(=O)(O)O)[C@@H](O)[C@H](O)[C@@H]1O)N=N. The van der Waals surface area contributed by atoms with Crippen LogP contribution in [-0.2, 0) is 18.8 Å². The number of nitrogens with two attached hydrogens (primary N) is 1. The van der Waals surface area contributed by atoms with E-state index in [2.05, 4.69) is 10.4 Å². The highest BCUT2D eigenvalue weighted by Gasteiger charge is 2.44. The molecule has 14 heteroatoms. The number of aliphatic hydroxyl groups is 3. The van der Waals surface area contributed by atoms with Crippen molar-refractivity contribution in [2.45, 2.75) is 56.5 Å². The summed E-state index contributed by atoms with van der Waals surface area (Å²) in [6, 6.07) is -0.0510. The van der Waals surface area contributed by atoms with Gasteiger partial charge in [0, 0.05) is 25.2 Å². The third-order valence-electron chi connectivity index (χ3n) is 4.20. The van der Waals surface area contributed by atoms with Crippen LogP contribution in [0, 0.1) is 5.53 Å². The van der Waals surface area contributed by atoms with Crippen LogP contribution in [0.2, 0.25) is 0 Å². The fourth-order valence-electron chi connectivity index (χ4n) is 2.62. The lowest BCUT2D eigenvalue weighted by Crippen LogP contribution is -2.58. The predicted molar refractivity (Wildman–Crippen MR) is 104 cm³/mol. The van der Waals surface area contributed by atoms with Gasteiger partial charge < -0.3 is 50.4 Å². The largest absolute Gasteiger partial charge is 0.388 e. The van der Waals surface area contributed by atoms with Gasteiger partial charge in [-0.3, -0.25) is 4.57 Å². The first kappa shape index (κ1) is 27.0. The molecule has 9 N–H and O–H groups in total. The van der Waals surface area contributed by atoms with Crippen LogP contribution in [0.3, 0.4) is 0 Å². The number of rotatable bonds is 14. The van der Waals surface area contributed by atoms with Gasteiger partial charge in [0.15, 0.2) is 6.29 Å². The normalized spacial score (nSPS) is 28.9. The molecule has 13 nitrogen and oxygen atoms in total. The topological polar surface area (TPSA) is 220 Å². The van der Waals surface area contributed by atoms with Crippen LogP contribution in [0.25, 0.3) is 0 Å². The summed E-state index contributed by atoms with van der Waals surface area (Å²) < 4.78 is 27.1. The van der Waals surface area contributed by atoms with E-state index in [0.29, 0.717) is 25.5 Å². The highest BCUT2D eigenvalue weighted by molar-refractivity contribution is 7.51. The molecule has 0 aromatic heterocycles. The van der Waals surface area contributed by atoms with Crippen LogP contribution >= 0.6 is 7.60 Å². The Hall–Kier alpha value is -0.990. The number of nitrogens with zero attached hydrogens (tertiary/aromatic N) is 1. The van der Waals surface area contributed by atoms with Crippen LogP contribution in [0.1, 0.15) is 19.8 Å². The van der Waals surface area contributed by atoms with Crippen molar-refractivity contribution in [1.82, 2.24) is 5.32 Å². The number of hydrogen-bond acceptors (Lipinski definition) is 11. The quantitative estimate of drug-likeness (QED) is 0.0862. The van der Waals surface area contributed by atoms with E-state index >= 15 is 0 Å². The minimum atomic E-state index is -4.31. The van der Waals surface area contributed by atoms with Gasteiger partial charge >= 0.3 is 7.60 Å². The number of nitrogens with one attached hydrogen (secondary N) is 2. The van der Waals surface area contributed by atoms with Crippen molar-refractivity contribution >= 4 is 7.60 Å². The van der Waals surface area contributed by atoms with Gasteiger partial charge in [0.2, 0.25) is 0 Å². The zero-order chi connectivity index (χ0) is 22.7. The molecular formula is C16H33N4O9P. The Labute approximate surface area is 174 Å². The smallest absolute Gasteiger partial charge is 0.325 e. The van der Waals surface area contributed by atoms with Crippen LogP contribution in [-0.4, -0.2) is 94.4 Å². The van der Waals surface area contributed by atoms with Crippen molar-refractivity contribution in [2.75, 3.05) is 32.5 Å². The molecule has 0 spiro atoms. The van der Waals surface area contributed by atoms with Crippen molar-refractivity contribution in [3.8, 4) is 0 Å². The van der Waals surface area contributed by atoms with Gasteiger partial charge in [0.25, 0.3) is 0 Å². The summed E-state index contributed by atoms with van der Waals surface area (Å²) >= 11 is 0. The van der Waals surface area contributed by atoms with Crippen molar-refractivity contribution in [3.63, 3.8) is 0 Å². The van der Waals surface area contributed by atoms with Crippen LogP contribution in [0.5, 0.6) is 0 Å². The summed E-state index contributed by atoms with van der Waals surface area (Å²) in [5, 5.41) is 36.2. The zero-order valence-electron chi connectivity index (χ0n) is 16.8. The maximum atomic E-state index is 11.0. The molecule has 1 rings (SSSR count). The first-order valence-corrected chi connectivity index (χ1v) is 11.3. The molecule has 1 aliphatic heterocycles. The fourth-order valence-corrected chi connectivity index (χ4v) is 3.21. The van der Waals surface area contributed by atoms with E-state index in [9.17, 15) is 19.9 Å². The molecule has 0 aromatic carbocycles. The summed E-state index contributed by atoms with van der Waals surface area (Å²) in [6.07, 6.45) is -6.15. The van der Waals surface area contributed by atoms with E-state index < -0.39 is 44.5 Å². The van der Waals surface area contributed by atoms with Crippen LogP contribution < -0.4 is 11.1 Å². The van der Waals surface area contributed by atoms with Gasteiger partial charge in [0.05, 0.1) is 37.8 Å². The Morgan fingerprint density at radius 1 is 1.30 bits per heavy atom. The van der Waals surface area contributed by atoms with Gasteiger partial charge in [-0.1, -0.05) is 0 Å². The van der Waals surface area contributed by atoms with E-state index in [0.717, 1.165) is 0 Å². The lowest BCUT2D eigenvalue weighted by Gasteiger charge is -2.40. The maximum absolute atomic E-state index is 11.0. The molecule has 6 atom stereocenters. The molecule has 1 fully saturated rings. The maximum Gasteiger partial charge on any atom is 0.325 e. The van der Waals surface area contributed by atoms with Crippen molar-refractivity contribution in [1.29, 1.82) is 5.53 Å². The lowest BCUT2D eigenvalue weighted by molar-refractivity contribution is -0.296. The average Bonchev–Trinajstić information content (AvgIpc) is 2.67. The molecule has 1 saturated heterocycles. The van der Waals surface area contributed by atoms with Crippen LogP contribution in [0.15, 0.2) is 17.0 Å². The molecule has 0 amide bonds. The van der Waals surface area contributed by atoms with E-state index in [-0.39, 0.29) is 25.5 Å². The highest BCUT2D eigenvalue weighted by atomic mass is 31.2. The molecule has 0 saturated carbocycles. The summed E-state index contributed by atoms with van der Waals surface area (Å²) in [5.74, 6) is 0. The summed E-state index contributed by atoms with van der Waals surface area (Å²) in [6.45, 7) is 3.17. The number of aliphatic hydroxyl groups excluding tert-OH is 3. The number of ether oxygens (including phenoxy) is 3. The molecule has 30 heavy (non-hydrogen) atoms. The second-order valence-electron chi connectivity index (χ2n) is 7.07. The molecule has 176 valence electrons.